The highest BCUT2D eigenvalue weighted by Gasteiger charge is 2.25. The van der Waals surface area contributed by atoms with Gasteiger partial charge in [0, 0.05) is 54.3 Å². The Labute approximate surface area is 148 Å². The van der Waals surface area contributed by atoms with Crippen LogP contribution in [0.3, 0.4) is 0 Å². The Hall–Kier alpha value is -2.54. The average molecular weight is 355 g/mol. The predicted molar refractivity (Wildman–Crippen MR) is 96.8 cm³/mol. The normalized spacial score (nSPS) is 14.0. The van der Waals surface area contributed by atoms with Crippen LogP contribution in [0.5, 0.6) is 0 Å². The number of carbonyl (C=O) groups is 1. The Balaban J connectivity index is 1.63. The van der Waals surface area contributed by atoms with Crippen molar-refractivity contribution in [1.82, 2.24) is 9.55 Å². The zero-order chi connectivity index (χ0) is 17.4. The van der Waals surface area contributed by atoms with Crippen LogP contribution < -0.4 is 10.9 Å². The van der Waals surface area contributed by atoms with Crippen molar-refractivity contribution in [3.8, 4) is 0 Å². The van der Waals surface area contributed by atoms with Crippen LogP contribution in [0.1, 0.15) is 31.4 Å². The van der Waals surface area contributed by atoms with E-state index in [1.165, 1.54) is 25.8 Å². The van der Waals surface area contributed by atoms with Crippen LogP contribution in [0.4, 0.5) is 5.69 Å². The van der Waals surface area contributed by atoms with Gasteiger partial charge in [0.25, 0.3) is 0 Å². The second kappa shape index (κ2) is 6.40. The lowest BCUT2D eigenvalue weighted by atomic mass is 10.1. The molecule has 0 atom stereocenters. The first-order valence-corrected chi connectivity index (χ1v) is 9.09. The first kappa shape index (κ1) is 16.0. The summed E-state index contributed by atoms with van der Waals surface area (Å²) < 4.78 is 7.50. The van der Waals surface area contributed by atoms with Gasteiger partial charge in [-0.15, -0.1) is 0 Å². The molecule has 0 spiro atoms. The van der Waals surface area contributed by atoms with Crippen molar-refractivity contribution in [3.05, 3.63) is 52.6 Å². The van der Waals surface area contributed by atoms with Crippen molar-refractivity contribution in [2.24, 2.45) is 0 Å². The van der Waals surface area contributed by atoms with Crippen molar-refractivity contribution in [2.75, 3.05) is 5.32 Å². The molecule has 3 aromatic rings. The summed E-state index contributed by atoms with van der Waals surface area (Å²) >= 11 is 1.62. The second-order valence-electron chi connectivity index (χ2n) is 6.12. The number of thioether (sulfide) groups is 1. The first-order chi connectivity index (χ1) is 12.1. The summed E-state index contributed by atoms with van der Waals surface area (Å²) in [4.78, 5) is 27.5. The Morgan fingerprint density at radius 2 is 2.24 bits per heavy atom. The topological polar surface area (TPSA) is 77.1 Å². The van der Waals surface area contributed by atoms with Gasteiger partial charge in [-0.05, 0) is 30.5 Å². The van der Waals surface area contributed by atoms with E-state index in [1.54, 1.807) is 17.8 Å². The number of nitrogens with zero attached hydrogens (tertiary/aromatic N) is 2. The number of imidazole rings is 1. The zero-order valence-corrected chi connectivity index (χ0v) is 14.5. The van der Waals surface area contributed by atoms with Crippen LogP contribution in [-0.4, -0.2) is 15.5 Å². The monoisotopic (exact) mass is 355 g/mol. The molecule has 1 saturated carbocycles. The SMILES string of the molecule is CC(=O)Nc1ccc2c(CSc3nccn3C3CC3)cc(=O)oc2c1. The molecule has 6 nitrogen and oxygen atoms in total. The highest BCUT2D eigenvalue weighted by molar-refractivity contribution is 7.98. The fourth-order valence-electron chi connectivity index (χ4n) is 2.81. The lowest BCUT2D eigenvalue weighted by Crippen LogP contribution is -2.06. The minimum Gasteiger partial charge on any atom is -0.423 e. The molecule has 0 bridgehead atoms. The molecule has 1 aliphatic rings. The highest BCUT2D eigenvalue weighted by atomic mass is 32.2. The summed E-state index contributed by atoms with van der Waals surface area (Å²) in [7, 11) is 0. The van der Waals surface area contributed by atoms with Crippen molar-refractivity contribution < 1.29 is 9.21 Å². The van der Waals surface area contributed by atoms with Gasteiger partial charge in [0.1, 0.15) is 5.58 Å². The molecule has 0 unspecified atom stereocenters. The van der Waals surface area contributed by atoms with Crippen molar-refractivity contribution >= 4 is 34.3 Å². The van der Waals surface area contributed by atoms with Crippen molar-refractivity contribution in [3.63, 3.8) is 0 Å². The third-order valence-corrected chi connectivity index (χ3v) is 5.11. The Morgan fingerprint density at radius 3 is 3.00 bits per heavy atom. The van der Waals surface area contributed by atoms with Crippen LogP contribution in [0, 0.1) is 0 Å². The summed E-state index contributed by atoms with van der Waals surface area (Å²) in [5.74, 6) is 0.464. The largest absolute Gasteiger partial charge is 0.423 e. The van der Waals surface area contributed by atoms with Crippen molar-refractivity contribution in [1.29, 1.82) is 0 Å². The van der Waals surface area contributed by atoms with Gasteiger partial charge in [-0.25, -0.2) is 9.78 Å². The number of anilines is 1. The Morgan fingerprint density at radius 1 is 1.40 bits per heavy atom. The van der Waals surface area contributed by atoms with Crippen LogP contribution in [0.2, 0.25) is 0 Å². The minimum atomic E-state index is -0.395. The molecule has 0 aliphatic heterocycles. The van der Waals surface area contributed by atoms with E-state index in [1.807, 2.05) is 24.5 Å². The number of fused-ring (bicyclic) bond motifs is 1. The standard InChI is InChI=1S/C18H17N3O3S/c1-11(22)20-13-2-5-15-12(8-17(23)24-16(15)9-13)10-25-18-19-6-7-21(18)14-3-4-14/h2,5-9,14H,3-4,10H2,1H3,(H,20,22). The molecule has 4 rings (SSSR count). The summed E-state index contributed by atoms with van der Waals surface area (Å²) in [6.45, 7) is 1.44. The van der Waals surface area contributed by atoms with Gasteiger partial charge >= 0.3 is 5.63 Å². The van der Waals surface area contributed by atoms with Gasteiger partial charge in [0.2, 0.25) is 5.91 Å². The minimum absolute atomic E-state index is 0.166. The second-order valence-corrected chi connectivity index (χ2v) is 7.06. The molecule has 2 aromatic heterocycles. The van der Waals surface area contributed by atoms with E-state index in [0.29, 0.717) is 23.1 Å². The molecule has 25 heavy (non-hydrogen) atoms. The maximum absolute atomic E-state index is 11.9. The highest BCUT2D eigenvalue weighted by Crippen LogP contribution is 2.38. The van der Waals surface area contributed by atoms with E-state index in [0.717, 1.165) is 16.1 Å². The van der Waals surface area contributed by atoms with Gasteiger partial charge in [-0.1, -0.05) is 11.8 Å². The van der Waals surface area contributed by atoms with E-state index in [4.69, 9.17) is 4.42 Å². The molecule has 1 aliphatic carbocycles. The van der Waals surface area contributed by atoms with Crippen LogP contribution in [-0.2, 0) is 10.5 Å². The molecule has 2 heterocycles. The van der Waals surface area contributed by atoms with E-state index < -0.39 is 5.63 Å². The lowest BCUT2D eigenvalue weighted by molar-refractivity contribution is -0.114. The fraction of sp³-hybridized carbons (Fsp3) is 0.278. The van der Waals surface area contributed by atoms with E-state index >= 15 is 0 Å². The van der Waals surface area contributed by atoms with E-state index in [2.05, 4.69) is 14.9 Å². The summed E-state index contributed by atoms with van der Waals surface area (Å²) in [6, 6.07) is 7.45. The summed E-state index contributed by atoms with van der Waals surface area (Å²) in [6.07, 6.45) is 6.23. The van der Waals surface area contributed by atoms with Crippen molar-refractivity contribution in [2.45, 2.75) is 36.7 Å². The number of carbonyl (C=O) groups excluding carboxylic acids is 1. The van der Waals surface area contributed by atoms with Crippen LogP contribution >= 0.6 is 11.8 Å². The Bertz CT molecular complexity index is 1000. The number of hydrogen-bond acceptors (Lipinski definition) is 5. The molecule has 1 aromatic carbocycles. The molecule has 1 amide bonds. The summed E-state index contributed by atoms with van der Waals surface area (Å²) in [5, 5.41) is 4.54. The number of rotatable bonds is 5. The Kier molecular flexibility index (Phi) is 4.09. The van der Waals surface area contributed by atoms with Gasteiger partial charge in [-0.2, -0.15) is 0 Å². The first-order valence-electron chi connectivity index (χ1n) is 8.10. The van der Waals surface area contributed by atoms with Crippen LogP contribution in [0.25, 0.3) is 11.0 Å². The number of amides is 1. The zero-order valence-electron chi connectivity index (χ0n) is 13.7. The number of nitrogens with one attached hydrogen (secondary N) is 1. The molecule has 0 saturated heterocycles. The average Bonchev–Trinajstić information content (AvgIpc) is 3.30. The molecular formula is C18H17N3O3S. The smallest absolute Gasteiger partial charge is 0.336 e. The third kappa shape index (κ3) is 3.46. The van der Waals surface area contributed by atoms with Gasteiger partial charge in [-0.3, -0.25) is 4.79 Å². The van der Waals surface area contributed by atoms with E-state index in [-0.39, 0.29) is 5.91 Å². The number of hydrogen-bond donors (Lipinski definition) is 1. The van der Waals surface area contributed by atoms with E-state index in [9.17, 15) is 9.59 Å². The molecule has 7 heteroatoms. The van der Waals surface area contributed by atoms with Gasteiger partial charge in [0.05, 0.1) is 0 Å². The summed E-state index contributed by atoms with van der Waals surface area (Å²) in [5.41, 5.74) is 1.58. The fourth-order valence-corrected chi connectivity index (χ4v) is 3.83. The van der Waals surface area contributed by atoms with Gasteiger partial charge < -0.3 is 14.3 Å². The number of aromatic nitrogens is 2. The maximum atomic E-state index is 11.9. The molecule has 128 valence electrons. The third-order valence-electron chi connectivity index (χ3n) is 4.08. The molecular weight excluding hydrogens is 338 g/mol. The van der Waals surface area contributed by atoms with Crippen LogP contribution in [0.15, 0.2) is 51.0 Å². The molecule has 1 fully saturated rings. The number of benzene rings is 1. The quantitative estimate of drug-likeness (QED) is 0.559. The van der Waals surface area contributed by atoms with Gasteiger partial charge in [0.15, 0.2) is 5.16 Å². The molecule has 1 N–H and O–H groups in total. The lowest BCUT2D eigenvalue weighted by Gasteiger charge is -2.08. The predicted octanol–water partition coefficient (Wildman–Crippen LogP) is 3.58. The molecule has 0 radical (unpaired) electrons. The maximum Gasteiger partial charge on any atom is 0.336 e.